The predicted octanol–water partition coefficient (Wildman–Crippen LogP) is 2.98. The minimum absolute atomic E-state index is 0.109. The van der Waals surface area contributed by atoms with Crippen molar-refractivity contribution in [3.05, 3.63) is 41.0 Å². The van der Waals surface area contributed by atoms with E-state index < -0.39 is 9.84 Å². The standard InChI is InChI=1S/C16H23N3O2S/c1-5-6-10-19-14(4)13(3)18-16(19)22(20,21)11-15-12(2)8-7-9-17-15/h7-9H,5-6,10-11H2,1-4H3. The molecule has 0 aromatic carbocycles. The second-order valence-electron chi connectivity index (χ2n) is 5.60. The molecule has 0 aliphatic heterocycles. The van der Waals surface area contributed by atoms with Crippen molar-refractivity contribution >= 4 is 9.84 Å². The highest BCUT2D eigenvalue weighted by molar-refractivity contribution is 7.90. The summed E-state index contributed by atoms with van der Waals surface area (Å²) in [6.45, 7) is 8.41. The van der Waals surface area contributed by atoms with Gasteiger partial charge in [-0.15, -0.1) is 0 Å². The van der Waals surface area contributed by atoms with Gasteiger partial charge in [-0.25, -0.2) is 13.4 Å². The number of rotatable bonds is 6. The van der Waals surface area contributed by atoms with Crippen molar-refractivity contribution in [3.63, 3.8) is 0 Å². The Morgan fingerprint density at radius 2 is 1.95 bits per heavy atom. The Morgan fingerprint density at radius 1 is 1.23 bits per heavy atom. The number of pyridine rings is 1. The lowest BCUT2D eigenvalue weighted by atomic mass is 10.2. The first-order valence-corrected chi connectivity index (χ1v) is 9.19. The molecule has 0 saturated heterocycles. The van der Waals surface area contributed by atoms with Crippen LogP contribution in [0.15, 0.2) is 23.5 Å². The molecule has 0 bridgehead atoms. The quantitative estimate of drug-likeness (QED) is 0.820. The molecular formula is C16H23N3O2S. The first-order chi connectivity index (χ1) is 10.4. The molecule has 0 unspecified atom stereocenters. The van der Waals surface area contributed by atoms with Crippen LogP contribution in [0.5, 0.6) is 0 Å². The van der Waals surface area contributed by atoms with Gasteiger partial charge in [0.1, 0.15) is 5.75 Å². The topological polar surface area (TPSA) is 64.8 Å². The van der Waals surface area contributed by atoms with Gasteiger partial charge in [0.05, 0.1) is 11.4 Å². The zero-order valence-electron chi connectivity index (χ0n) is 13.6. The van der Waals surface area contributed by atoms with E-state index in [0.717, 1.165) is 29.8 Å². The molecule has 0 N–H and O–H groups in total. The number of sulfone groups is 1. The molecule has 0 aliphatic carbocycles. The Labute approximate surface area is 132 Å². The first-order valence-electron chi connectivity index (χ1n) is 7.53. The number of aromatic nitrogens is 3. The van der Waals surface area contributed by atoms with Crippen molar-refractivity contribution in [2.24, 2.45) is 0 Å². The van der Waals surface area contributed by atoms with Crippen LogP contribution < -0.4 is 0 Å². The van der Waals surface area contributed by atoms with Crippen molar-refractivity contribution in [2.75, 3.05) is 0 Å². The lowest BCUT2D eigenvalue weighted by Gasteiger charge is -2.10. The fraction of sp³-hybridized carbons (Fsp3) is 0.500. The molecule has 0 radical (unpaired) electrons. The number of hydrogen-bond acceptors (Lipinski definition) is 4. The van der Waals surface area contributed by atoms with E-state index >= 15 is 0 Å². The smallest absolute Gasteiger partial charge is 0.228 e. The third kappa shape index (κ3) is 3.38. The van der Waals surface area contributed by atoms with Gasteiger partial charge in [-0.3, -0.25) is 4.98 Å². The SMILES string of the molecule is CCCCn1c(S(=O)(=O)Cc2ncccc2C)nc(C)c1C. The summed E-state index contributed by atoms with van der Waals surface area (Å²) in [5.74, 6) is -0.109. The fourth-order valence-corrected chi connectivity index (χ4v) is 3.99. The molecule has 0 atom stereocenters. The maximum Gasteiger partial charge on any atom is 0.228 e. The highest BCUT2D eigenvalue weighted by Gasteiger charge is 2.25. The van der Waals surface area contributed by atoms with Gasteiger partial charge in [0.15, 0.2) is 0 Å². The molecule has 0 fully saturated rings. The van der Waals surface area contributed by atoms with Crippen LogP contribution in [0.2, 0.25) is 0 Å². The Kier molecular flexibility index (Phi) is 5.01. The van der Waals surface area contributed by atoms with E-state index in [-0.39, 0.29) is 10.9 Å². The lowest BCUT2D eigenvalue weighted by Crippen LogP contribution is -2.15. The maximum absolute atomic E-state index is 12.8. The Bertz CT molecular complexity index is 764. The fourth-order valence-electron chi connectivity index (χ4n) is 2.35. The van der Waals surface area contributed by atoms with Crippen molar-refractivity contribution in [1.82, 2.24) is 14.5 Å². The van der Waals surface area contributed by atoms with E-state index in [0.29, 0.717) is 12.2 Å². The highest BCUT2D eigenvalue weighted by atomic mass is 32.2. The number of imidazole rings is 1. The zero-order valence-corrected chi connectivity index (χ0v) is 14.4. The number of nitrogens with zero attached hydrogens (tertiary/aromatic N) is 3. The van der Waals surface area contributed by atoms with Crippen molar-refractivity contribution in [2.45, 2.75) is 58.0 Å². The van der Waals surface area contributed by atoms with E-state index in [4.69, 9.17) is 0 Å². The van der Waals surface area contributed by atoms with Gasteiger partial charge in [-0.05, 0) is 38.8 Å². The summed E-state index contributed by atoms with van der Waals surface area (Å²) < 4.78 is 27.4. The number of hydrogen-bond donors (Lipinski definition) is 0. The minimum Gasteiger partial charge on any atom is -0.319 e. The molecule has 5 nitrogen and oxygen atoms in total. The summed E-state index contributed by atoms with van der Waals surface area (Å²) in [6.07, 6.45) is 3.56. The second kappa shape index (κ2) is 6.60. The zero-order chi connectivity index (χ0) is 16.3. The van der Waals surface area contributed by atoms with E-state index in [1.165, 1.54) is 0 Å². The van der Waals surface area contributed by atoms with Gasteiger partial charge in [0.2, 0.25) is 15.0 Å². The van der Waals surface area contributed by atoms with E-state index in [2.05, 4.69) is 16.9 Å². The molecule has 2 aromatic rings. The van der Waals surface area contributed by atoms with E-state index in [9.17, 15) is 8.42 Å². The van der Waals surface area contributed by atoms with Crippen LogP contribution in [0.1, 0.15) is 42.4 Å². The molecule has 22 heavy (non-hydrogen) atoms. The molecular weight excluding hydrogens is 298 g/mol. The van der Waals surface area contributed by atoms with Gasteiger partial charge in [0.25, 0.3) is 0 Å². The Balaban J connectivity index is 2.41. The largest absolute Gasteiger partial charge is 0.319 e. The molecule has 2 aromatic heterocycles. The summed E-state index contributed by atoms with van der Waals surface area (Å²) in [5.41, 5.74) is 3.16. The van der Waals surface area contributed by atoms with Crippen LogP contribution in [0.25, 0.3) is 0 Å². The Morgan fingerprint density at radius 3 is 2.59 bits per heavy atom. The van der Waals surface area contributed by atoms with Crippen LogP contribution in [0, 0.1) is 20.8 Å². The molecule has 2 heterocycles. The van der Waals surface area contributed by atoms with E-state index in [1.54, 1.807) is 6.20 Å². The first kappa shape index (κ1) is 16.7. The molecule has 0 saturated carbocycles. The average molecular weight is 321 g/mol. The molecule has 2 rings (SSSR count). The third-order valence-electron chi connectivity index (χ3n) is 3.88. The van der Waals surface area contributed by atoms with Crippen molar-refractivity contribution in [1.29, 1.82) is 0 Å². The van der Waals surface area contributed by atoms with E-state index in [1.807, 2.05) is 37.5 Å². The summed E-state index contributed by atoms with van der Waals surface area (Å²) in [6, 6.07) is 3.68. The molecule has 0 amide bonds. The number of aryl methyl sites for hydroxylation is 2. The number of unbranched alkanes of at least 4 members (excludes halogenated alkanes) is 1. The molecule has 0 aliphatic rings. The summed E-state index contributed by atoms with van der Waals surface area (Å²) in [7, 11) is -3.51. The van der Waals surface area contributed by atoms with Crippen LogP contribution in [0.3, 0.4) is 0 Å². The van der Waals surface area contributed by atoms with Crippen molar-refractivity contribution in [3.8, 4) is 0 Å². The van der Waals surface area contributed by atoms with Crippen LogP contribution in [0.4, 0.5) is 0 Å². The van der Waals surface area contributed by atoms with Crippen LogP contribution >= 0.6 is 0 Å². The average Bonchev–Trinajstić information content (AvgIpc) is 2.76. The van der Waals surface area contributed by atoms with Gasteiger partial charge in [-0.2, -0.15) is 0 Å². The van der Waals surface area contributed by atoms with Gasteiger partial charge in [0, 0.05) is 18.4 Å². The van der Waals surface area contributed by atoms with Gasteiger partial charge >= 0.3 is 0 Å². The summed E-state index contributed by atoms with van der Waals surface area (Å²) in [4.78, 5) is 8.50. The summed E-state index contributed by atoms with van der Waals surface area (Å²) >= 11 is 0. The monoisotopic (exact) mass is 321 g/mol. The van der Waals surface area contributed by atoms with Crippen LogP contribution in [-0.4, -0.2) is 23.0 Å². The molecule has 120 valence electrons. The van der Waals surface area contributed by atoms with Gasteiger partial charge in [-0.1, -0.05) is 19.4 Å². The van der Waals surface area contributed by atoms with Crippen LogP contribution in [-0.2, 0) is 22.1 Å². The summed E-state index contributed by atoms with van der Waals surface area (Å²) in [5, 5.41) is 0.168. The highest BCUT2D eigenvalue weighted by Crippen LogP contribution is 2.20. The molecule has 0 spiro atoms. The molecule has 6 heteroatoms. The van der Waals surface area contributed by atoms with Crippen molar-refractivity contribution < 1.29 is 8.42 Å². The Hall–Kier alpha value is -1.69. The van der Waals surface area contributed by atoms with Gasteiger partial charge < -0.3 is 4.57 Å². The maximum atomic E-state index is 12.8. The predicted molar refractivity (Wildman–Crippen MR) is 86.5 cm³/mol. The second-order valence-corrected chi connectivity index (χ2v) is 7.48. The lowest BCUT2D eigenvalue weighted by molar-refractivity contribution is 0.538. The minimum atomic E-state index is -3.51. The third-order valence-corrected chi connectivity index (χ3v) is 5.40. The normalized spacial score (nSPS) is 11.8.